The van der Waals surface area contributed by atoms with Gasteiger partial charge in [0.2, 0.25) is 5.89 Å². The lowest BCUT2D eigenvalue weighted by Gasteiger charge is -2.34. The van der Waals surface area contributed by atoms with Gasteiger partial charge in [0, 0.05) is 19.0 Å². The van der Waals surface area contributed by atoms with E-state index in [1.54, 1.807) is 19.9 Å². The van der Waals surface area contributed by atoms with Crippen molar-refractivity contribution in [2.75, 3.05) is 13.1 Å². The molecule has 2 atom stereocenters. The van der Waals surface area contributed by atoms with E-state index < -0.39 is 38.1 Å². The number of piperidine rings is 1. The molecule has 3 rings (SSSR count). The molecule has 0 amide bonds. The standard InChI is InChI=1S/C18H23Cl2FN4O4S/c1-10-4-5-13(21)14(11(10)2)12(3)15(16-22-23-17(26)29-16)24-30(27,28)25-8-6-18(19,20)7-9-25/h4-5,12,15,24H,6-9H2,1-3H3,(H,23,26)/t12-,15+/m1/s1. The van der Waals surface area contributed by atoms with Crippen LogP contribution in [0.3, 0.4) is 0 Å². The maximum absolute atomic E-state index is 14.7. The second-order valence-corrected chi connectivity index (χ2v) is 10.8. The molecule has 30 heavy (non-hydrogen) atoms. The molecule has 1 aromatic heterocycles. The fourth-order valence-corrected chi connectivity index (χ4v) is 5.34. The summed E-state index contributed by atoms with van der Waals surface area (Å²) in [5.41, 5.74) is 1.84. The summed E-state index contributed by atoms with van der Waals surface area (Å²) in [6, 6.07) is 1.85. The van der Waals surface area contributed by atoms with Crippen LogP contribution in [0.15, 0.2) is 21.3 Å². The zero-order valence-corrected chi connectivity index (χ0v) is 19.0. The van der Waals surface area contributed by atoms with Crippen molar-refractivity contribution in [3.63, 3.8) is 0 Å². The van der Waals surface area contributed by atoms with E-state index in [2.05, 4.69) is 14.9 Å². The van der Waals surface area contributed by atoms with Gasteiger partial charge in [-0.15, -0.1) is 28.3 Å². The van der Waals surface area contributed by atoms with Crippen LogP contribution in [0, 0.1) is 19.7 Å². The number of hydrogen-bond acceptors (Lipinski definition) is 5. The molecule has 0 aliphatic carbocycles. The molecule has 166 valence electrons. The summed E-state index contributed by atoms with van der Waals surface area (Å²) in [5, 5.41) is 5.91. The molecule has 2 heterocycles. The summed E-state index contributed by atoms with van der Waals surface area (Å²) in [5.74, 6) is -2.23. The van der Waals surface area contributed by atoms with Crippen LogP contribution in [0.25, 0.3) is 0 Å². The Morgan fingerprint density at radius 1 is 1.30 bits per heavy atom. The van der Waals surface area contributed by atoms with Crippen molar-refractivity contribution in [2.24, 2.45) is 0 Å². The minimum absolute atomic E-state index is 0.117. The molecule has 8 nitrogen and oxygen atoms in total. The van der Waals surface area contributed by atoms with Crippen molar-refractivity contribution in [2.45, 2.75) is 49.9 Å². The molecule has 0 radical (unpaired) electrons. The van der Waals surface area contributed by atoms with E-state index in [1.807, 2.05) is 6.92 Å². The largest absolute Gasteiger partial charge is 0.434 e. The molecule has 1 aliphatic heterocycles. The molecule has 0 bridgehead atoms. The average Bonchev–Trinajstić information content (AvgIpc) is 3.09. The molecule has 0 spiro atoms. The van der Waals surface area contributed by atoms with Crippen LogP contribution in [-0.4, -0.2) is 40.3 Å². The van der Waals surface area contributed by atoms with Gasteiger partial charge in [0.1, 0.15) is 16.2 Å². The predicted octanol–water partition coefficient (Wildman–Crippen LogP) is 3.07. The van der Waals surface area contributed by atoms with Crippen molar-refractivity contribution in [3.05, 3.63) is 51.1 Å². The molecule has 1 saturated heterocycles. The van der Waals surface area contributed by atoms with Gasteiger partial charge in [0.15, 0.2) is 0 Å². The Labute approximate surface area is 183 Å². The lowest BCUT2D eigenvalue weighted by molar-refractivity contribution is 0.317. The van der Waals surface area contributed by atoms with E-state index in [-0.39, 0.29) is 31.8 Å². The first kappa shape index (κ1) is 23.2. The third-order valence-corrected chi connectivity index (χ3v) is 7.83. The van der Waals surface area contributed by atoms with Gasteiger partial charge in [-0.25, -0.2) is 14.3 Å². The maximum atomic E-state index is 14.7. The van der Waals surface area contributed by atoms with Gasteiger partial charge in [-0.05, 0) is 49.4 Å². The monoisotopic (exact) mass is 480 g/mol. The van der Waals surface area contributed by atoms with E-state index >= 15 is 0 Å². The smallest absolute Gasteiger partial charge is 0.391 e. The number of rotatable bonds is 6. The third kappa shape index (κ3) is 4.88. The van der Waals surface area contributed by atoms with E-state index in [1.165, 1.54) is 10.4 Å². The fourth-order valence-electron chi connectivity index (χ4n) is 3.56. The summed E-state index contributed by atoms with van der Waals surface area (Å²) < 4.78 is 48.6. The van der Waals surface area contributed by atoms with Crippen molar-refractivity contribution in [1.82, 2.24) is 19.2 Å². The van der Waals surface area contributed by atoms with Crippen LogP contribution < -0.4 is 10.5 Å². The molecule has 1 fully saturated rings. The van der Waals surface area contributed by atoms with Crippen LogP contribution in [0.2, 0.25) is 0 Å². The quantitative estimate of drug-likeness (QED) is 0.617. The average molecular weight is 481 g/mol. The number of nitrogens with one attached hydrogen (secondary N) is 2. The molecule has 1 aromatic carbocycles. The van der Waals surface area contributed by atoms with Crippen molar-refractivity contribution < 1.29 is 17.2 Å². The Morgan fingerprint density at radius 2 is 1.93 bits per heavy atom. The molecule has 0 saturated carbocycles. The lowest BCUT2D eigenvalue weighted by Crippen LogP contribution is -2.48. The number of nitrogens with zero attached hydrogens (tertiary/aromatic N) is 2. The number of H-pyrrole nitrogens is 1. The second kappa shape index (κ2) is 8.58. The van der Waals surface area contributed by atoms with E-state index in [0.717, 1.165) is 5.56 Å². The van der Waals surface area contributed by atoms with Gasteiger partial charge in [0.05, 0.1) is 0 Å². The predicted molar refractivity (Wildman–Crippen MR) is 111 cm³/mol. The van der Waals surface area contributed by atoms with Crippen LogP contribution in [0.4, 0.5) is 4.39 Å². The summed E-state index contributed by atoms with van der Waals surface area (Å²) in [7, 11) is -4.03. The Balaban J connectivity index is 1.97. The van der Waals surface area contributed by atoms with Crippen molar-refractivity contribution in [1.29, 1.82) is 0 Å². The Hall–Kier alpha value is -1.46. The minimum atomic E-state index is -4.03. The summed E-state index contributed by atoms with van der Waals surface area (Å²) in [6.45, 7) is 5.46. The number of hydrogen-bond donors (Lipinski definition) is 2. The highest BCUT2D eigenvalue weighted by Crippen LogP contribution is 2.37. The van der Waals surface area contributed by atoms with Gasteiger partial charge in [-0.3, -0.25) is 0 Å². The third-order valence-electron chi connectivity index (χ3n) is 5.48. The lowest BCUT2D eigenvalue weighted by atomic mass is 9.88. The van der Waals surface area contributed by atoms with Gasteiger partial charge in [-0.2, -0.15) is 17.4 Å². The second-order valence-electron chi connectivity index (χ2n) is 7.50. The summed E-state index contributed by atoms with van der Waals surface area (Å²) in [4.78, 5) is 11.5. The highest BCUT2D eigenvalue weighted by molar-refractivity contribution is 7.87. The highest BCUT2D eigenvalue weighted by atomic mass is 35.5. The number of aryl methyl sites for hydroxylation is 1. The van der Waals surface area contributed by atoms with Crippen LogP contribution in [0.1, 0.15) is 54.3 Å². The number of alkyl halides is 2. The molecule has 2 aromatic rings. The topological polar surface area (TPSA) is 108 Å². The summed E-state index contributed by atoms with van der Waals surface area (Å²) in [6.07, 6.45) is 0.528. The first-order chi connectivity index (χ1) is 13.9. The minimum Gasteiger partial charge on any atom is -0.391 e. The Morgan fingerprint density at radius 3 is 2.50 bits per heavy atom. The first-order valence-electron chi connectivity index (χ1n) is 9.37. The molecule has 1 aliphatic rings. The van der Waals surface area contributed by atoms with Crippen LogP contribution in [-0.2, 0) is 10.2 Å². The first-order valence-corrected chi connectivity index (χ1v) is 11.6. The number of aromatic nitrogens is 2. The van der Waals surface area contributed by atoms with E-state index in [9.17, 15) is 17.6 Å². The number of halogens is 3. The molecule has 12 heteroatoms. The number of aromatic amines is 1. The van der Waals surface area contributed by atoms with Gasteiger partial charge < -0.3 is 4.42 Å². The molecular weight excluding hydrogens is 458 g/mol. The molecular formula is C18H23Cl2FN4O4S. The van der Waals surface area contributed by atoms with Crippen LogP contribution in [0.5, 0.6) is 0 Å². The SMILES string of the molecule is Cc1ccc(F)c([C@@H](C)[C@H](NS(=O)(=O)N2CCC(Cl)(Cl)CC2)c2n[nH]c(=O)o2)c1C. The zero-order valence-electron chi connectivity index (χ0n) is 16.7. The van der Waals surface area contributed by atoms with Gasteiger partial charge in [0.25, 0.3) is 10.2 Å². The normalized spacial score (nSPS) is 19.5. The Kier molecular flexibility index (Phi) is 6.64. The highest BCUT2D eigenvalue weighted by Gasteiger charge is 2.39. The van der Waals surface area contributed by atoms with Crippen LogP contribution >= 0.6 is 23.2 Å². The fraction of sp³-hybridized carbons (Fsp3) is 0.556. The zero-order chi connectivity index (χ0) is 22.3. The van der Waals surface area contributed by atoms with E-state index in [0.29, 0.717) is 11.1 Å². The summed E-state index contributed by atoms with van der Waals surface area (Å²) >= 11 is 12.2. The van der Waals surface area contributed by atoms with E-state index in [4.69, 9.17) is 27.6 Å². The van der Waals surface area contributed by atoms with Crippen molar-refractivity contribution >= 4 is 33.4 Å². The molecule has 0 unspecified atom stereocenters. The Bertz CT molecular complexity index is 1080. The maximum Gasteiger partial charge on any atom is 0.434 e. The van der Waals surface area contributed by atoms with Gasteiger partial charge in [-0.1, -0.05) is 13.0 Å². The van der Waals surface area contributed by atoms with Crippen molar-refractivity contribution in [3.8, 4) is 0 Å². The molecule has 2 N–H and O–H groups in total. The number of benzene rings is 1. The van der Waals surface area contributed by atoms with Gasteiger partial charge >= 0.3 is 5.76 Å².